The third-order valence-corrected chi connectivity index (χ3v) is 5.92. The minimum absolute atomic E-state index is 0.211. The van der Waals surface area contributed by atoms with Gasteiger partial charge in [-0.05, 0) is 19.8 Å². The molecule has 0 aromatic heterocycles. The van der Waals surface area contributed by atoms with E-state index in [2.05, 4.69) is 13.8 Å². The van der Waals surface area contributed by atoms with Crippen molar-refractivity contribution < 1.29 is 14.4 Å². The summed E-state index contributed by atoms with van der Waals surface area (Å²) in [4.78, 5) is 11.0. The van der Waals surface area contributed by atoms with Crippen molar-refractivity contribution in [3.8, 4) is 0 Å². The molecule has 0 spiro atoms. The first kappa shape index (κ1) is 21.5. The summed E-state index contributed by atoms with van der Waals surface area (Å²) in [5, 5.41) is 11.0. The Labute approximate surface area is 150 Å². The van der Waals surface area contributed by atoms with Gasteiger partial charge in [-0.15, -0.1) is 0 Å². The molecule has 142 valence electrons. The fourth-order valence-electron chi connectivity index (χ4n) is 3.97. The second-order valence-electron chi connectivity index (χ2n) is 7.87. The molecule has 3 heteroatoms. The van der Waals surface area contributed by atoms with Crippen molar-refractivity contribution in [2.24, 2.45) is 0 Å². The number of likely N-dealkylation sites (N-methyl/N-ethyl adjacent to an activating group) is 1. The van der Waals surface area contributed by atoms with Crippen molar-refractivity contribution in [1.29, 1.82) is 0 Å². The first-order valence-corrected chi connectivity index (χ1v) is 10.7. The molecular weight excluding hydrogens is 298 g/mol. The van der Waals surface area contributed by atoms with Gasteiger partial charge >= 0.3 is 0 Å². The quantitative estimate of drug-likeness (QED) is 0.223. The molecular formula is C21H41NO2. The molecule has 0 aliphatic carbocycles. The van der Waals surface area contributed by atoms with Crippen molar-refractivity contribution in [2.75, 3.05) is 19.6 Å². The normalized spacial score (nSPS) is 22.7. The van der Waals surface area contributed by atoms with E-state index >= 15 is 0 Å². The highest BCUT2D eigenvalue weighted by atomic mass is 16.4. The average Bonchev–Trinajstić information content (AvgIpc) is 3.31. The van der Waals surface area contributed by atoms with E-state index in [9.17, 15) is 9.90 Å². The number of aliphatic carboxylic acids is 1. The summed E-state index contributed by atoms with van der Waals surface area (Å²) in [5.41, 5.74) is 0. The molecule has 1 heterocycles. The van der Waals surface area contributed by atoms with E-state index in [1.165, 1.54) is 89.9 Å². The maximum absolute atomic E-state index is 11.0. The highest BCUT2D eigenvalue weighted by Gasteiger charge is 2.53. The van der Waals surface area contributed by atoms with Gasteiger partial charge in [0.1, 0.15) is 12.5 Å². The van der Waals surface area contributed by atoms with Crippen LogP contribution in [0.1, 0.15) is 104 Å². The number of hydrogen-bond donors (Lipinski definition) is 0. The highest BCUT2D eigenvalue weighted by Crippen LogP contribution is 2.31. The molecule has 1 saturated heterocycles. The zero-order valence-corrected chi connectivity index (χ0v) is 16.4. The molecule has 1 rings (SSSR count). The Morgan fingerprint density at radius 3 is 1.54 bits per heavy atom. The van der Waals surface area contributed by atoms with Crippen LogP contribution in [-0.2, 0) is 4.79 Å². The van der Waals surface area contributed by atoms with Gasteiger partial charge in [-0.3, -0.25) is 0 Å². The Morgan fingerprint density at radius 2 is 1.21 bits per heavy atom. The highest BCUT2D eigenvalue weighted by molar-refractivity contribution is 5.72. The topological polar surface area (TPSA) is 40.1 Å². The van der Waals surface area contributed by atoms with E-state index in [0.29, 0.717) is 0 Å². The summed E-state index contributed by atoms with van der Waals surface area (Å²) in [5.74, 6) is -0.845. The maximum Gasteiger partial charge on any atom is 0.179 e. The van der Waals surface area contributed by atoms with Crippen LogP contribution in [0.4, 0.5) is 0 Å². The molecule has 0 aromatic rings. The summed E-state index contributed by atoms with van der Waals surface area (Å²) >= 11 is 0. The summed E-state index contributed by atoms with van der Waals surface area (Å²) in [6.45, 7) is 7.16. The summed E-state index contributed by atoms with van der Waals surface area (Å²) in [7, 11) is 0. The van der Waals surface area contributed by atoms with Gasteiger partial charge in [-0.25, -0.2) is 0 Å². The molecule has 0 amide bonds. The van der Waals surface area contributed by atoms with Crippen LogP contribution in [0.3, 0.4) is 0 Å². The molecule has 0 saturated carbocycles. The second kappa shape index (κ2) is 12.7. The molecule has 0 bridgehead atoms. The second-order valence-corrected chi connectivity index (χ2v) is 7.87. The molecule has 1 aliphatic rings. The fourth-order valence-corrected chi connectivity index (χ4v) is 3.97. The van der Waals surface area contributed by atoms with Gasteiger partial charge in [0.2, 0.25) is 0 Å². The standard InChI is InChI=1S/C21H41NO2/c1-3-5-6-7-8-9-10-11-12-13-14-15-16-17-18-22(4-2)19-20(22)21(23)24/h20H,3-19H2,1-2H3. The van der Waals surface area contributed by atoms with Crippen molar-refractivity contribution in [3.05, 3.63) is 0 Å². The number of nitrogens with zero attached hydrogens (tertiary/aromatic N) is 1. The Hall–Kier alpha value is -0.570. The largest absolute Gasteiger partial charge is 0.544 e. The molecule has 24 heavy (non-hydrogen) atoms. The zero-order chi connectivity index (χ0) is 17.7. The Kier molecular flexibility index (Phi) is 11.4. The van der Waals surface area contributed by atoms with Crippen LogP contribution in [-0.4, -0.2) is 36.1 Å². The number of carbonyl (C=O) groups excluding carboxylic acids is 1. The molecule has 2 unspecified atom stereocenters. The number of unbranched alkanes of at least 4 members (excludes halogenated alkanes) is 13. The Morgan fingerprint density at radius 1 is 0.792 bits per heavy atom. The first-order chi connectivity index (χ1) is 11.7. The summed E-state index contributed by atoms with van der Waals surface area (Å²) in [6, 6.07) is -0.211. The van der Waals surface area contributed by atoms with Crippen LogP contribution < -0.4 is 5.11 Å². The Bertz CT molecular complexity index is 332. The minimum Gasteiger partial charge on any atom is -0.544 e. The maximum atomic E-state index is 11.0. The molecule has 1 fully saturated rings. The van der Waals surface area contributed by atoms with Crippen LogP contribution in [0.15, 0.2) is 0 Å². The third-order valence-electron chi connectivity index (χ3n) is 5.92. The molecule has 0 radical (unpaired) electrons. The number of carboxylic acids is 1. The predicted molar refractivity (Wildman–Crippen MR) is 99.6 cm³/mol. The van der Waals surface area contributed by atoms with Gasteiger partial charge < -0.3 is 14.4 Å². The van der Waals surface area contributed by atoms with E-state index in [1.54, 1.807) is 0 Å². The Balaban J connectivity index is 1.81. The van der Waals surface area contributed by atoms with Crippen molar-refractivity contribution in [1.82, 2.24) is 0 Å². The lowest BCUT2D eigenvalue weighted by Crippen LogP contribution is -2.39. The van der Waals surface area contributed by atoms with Gasteiger partial charge in [-0.1, -0.05) is 84.0 Å². The predicted octanol–water partition coefficient (Wildman–Crippen LogP) is 4.44. The molecule has 2 atom stereocenters. The molecule has 0 N–H and O–H groups in total. The van der Waals surface area contributed by atoms with Crippen LogP contribution in [0.25, 0.3) is 0 Å². The van der Waals surface area contributed by atoms with E-state index in [4.69, 9.17) is 0 Å². The number of hydrogen-bond acceptors (Lipinski definition) is 2. The number of carbonyl (C=O) groups is 1. The number of quaternary nitrogens is 1. The lowest BCUT2D eigenvalue weighted by atomic mass is 10.0. The number of rotatable bonds is 17. The van der Waals surface area contributed by atoms with Crippen LogP contribution in [0, 0.1) is 0 Å². The lowest BCUT2D eigenvalue weighted by Gasteiger charge is -2.19. The van der Waals surface area contributed by atoms with E-state index < -0.39 is 5.97 Å². The van der Waals surface area contributed by atoms with Crippen LogP contribution in [0.2, 0.25) is 0 Å². The van der Waals surface area contributed by atoms with Crippen molar-refractivity contribution >= 4 is 5.97 Å². The van der Waals surface area contributed by atoms with E-state index in [1.807, 2.05) is 0 Å². The van der Waals surface area contributed by atoms with Gasteiger partial charge in [0.05, 0.1) is 13.1 Å². The van der Waals surface area contributed by atoms with Crippen LogP contribution >= 0.6 is 0 Å². The van der Waals surface area contributed by atoms with Gasteiger partial charge in [0.15, 0.2) is 6.04 Å². The van der Waals surface area contributed by atoms with Gasteiger partial charge in [0.25, 0.3) is 0 Å². The van der Waals surface area contributed by atoms with E-state index in [-0.39, 0.29) is 6.04 Å². The first-order valence-electron chi connectivity index (χ1n) is 10.7. The summed E-state index contributed by atoms with van der Waals surface area (Å²) < 4.78 is 0.778. The number of carboxylic acid groups (broad SMARTS) is 1. The minimum atomic E-state index is -0.845. The summed E-state index contributed by atoms with van der Waals surface area (Å²) in [6.07, 6.45) is 19.2. The zero-order valence-electron chi connectivity index (χ0n) is 16.4. The monoisotopic (exact) mass is 339 g/mol. The van der Waals surface area contributed by atoms with E-state index in [0.717, 1.165) is 24.1 Å². The molecule has 3 nitrogen and oxygen atoms in total. The average molecular weight is 340 g/mol. The SMILES string of the molecule is CCCCCCCCCCCCCCCC[N+]1(CC)CC1C(=O)[O-]. The van der Waals surface area contributed by atoms with Crippen molar-refractivity contribution in [3.63, 3.8) is 0 Å². The smallest absolute Gasteiger partial charge is 0.179 e. The lowest BCUT2D eigenvalue weighted by molar-refractivity contribution is -0.808. The molecule has 1 aliphatic heterocycles. The van der Waals surface area contributed by atoms with Crippen LogP contribution in [0.5, 0.6) is 0 Å². The van der Waals surface area contributed by atoms with Gasteiger partial charge in [-0.2, -0.15) is 0 Å². The van der Waals surface area contributed by atoms with Crippen molar-refractivity contribution in [2.45, 2.75) is 110 Å². The van der Waals surface area contributed by atoms with Gasteiger partial charge in [0, 0.05) is 0 Å². The molecule has 0 aromatic carbocycles. The third kappa shape index (κ3) is 8.50. The fraction of sp³-hybridized carbons (Fsp3) is 0.952.